The Labute approximate surface area is 221 Å². The number of halogens is 1. The molecule has 0 saturated carbocycles. The quantitative estimate of drug-likeness (QED) is 0.247. The Kier molecular flexibility index (Phi) is 6.79. The lowest BCUT2D eigenvalue weighted by Gasteiger charge is -2.11. The Morgan fingerprint density at radius 3 is 2.76 bits per heavy atom. The lowest BCUT2D eigenvalue weighted by Crippen LogP contribution is -2.27. The number of fused-ring (bicyclic) bond motifs is 1. The van der Waals surface area contributed by atoms with E-state index in [0.29, 0.717) is 34.0 Å². The summed E-state index contributed by atoms with van der Waals surface area (Å²) < 4.78 is 16.2. The molecular formula is C27H25FN8OS. The Morgan fingerprint density at radius 2 is 2.05 bits per heavy atom. The van der Waals surface area contributed by atoms with Crippen LogP contribution in [0.25, 0.3) is 45.5 Å². The molecular weight excluding hydrogens is 503 g/mol. The first-order chi connectivity index (χ1) is 18.3. The first-order valence-electron chi connectivity index (χ1n) is 11.7. The van der Waals surface area contributed by atoms with Crippen molar-refractivity contribution in [3.05, 3.63) is 69.4 Å². The third-order valence-corrected chi connectivity index (χ3v) is 7.11. The normalized spacial score (nSPS) is 12.9. The molecule has 2 N–H and O–H groups in total. The van der Waals surface area contributed by atoms with Crippen LogP contribution < -0.4 is 10.6 Å². The summed E-state index contributed by atoms with van der Waals surface area (Å²) in [6, 6.07) is 7.40. The molecule has 11 heteroatoms. The minimum atomic E-state index is -0.594. The van der Waals surface area contributed by atoms with Crippen molar-refractivity contribution >= 4 is 46.4 Å². The highest BCUT2D eigenvalue weighted by molar-refractivity contribution is 7.17. The Balaban J connectivity index is 1.64. The number of thiophene rings is 1. The number of ketones is 1. The molecule has 5 rings (SSSR count). The summed E-state index contributed by atoms with van der Waals surface area (Å²) in [6.45, 7) is 6.14. The van der Waals surface area contributed by atoms with E-state index in [1.54, 1.807) is 24.7 Å². The van der Waals surface area contributed by atoms with Crippen LogP contribution in [0.5, 0.6) is 0 Å². The molecule has 0 amide bonds. The summed E-state index contributed by atoms with van der Waals surface area (Å²) >= 11 is 1.39. The van der Waals surface area contributed by atoms with Gasteiger partial charge in [0, 0.05) is 48.2 Å². The highest BCUT2D eigenvalue weighted by Gasteiger charge is 2.20. The predicted octanol–water partition coefficient (Wildman–Crippen LogP) is 3.34. The standard InChI is InChI=1S/C27H25FN8OS/c1-14-21(22(28)23(29-3)17-10-16(11-30-12-17)13-36(4)5)25(35-34-14)27-32-24-18(8-9-31-26(24)33-27)20-7-6-19(38-20)15(2)37/h6-12,34H,1,13H2,2-5H3,(H,31,32,33)/b22-21-,29-23?. The van der Waals surface area contributed by atoms with Crippen molar-refractivity contribution in [2.24, 2.45) is 4.99 Å². The van der Waals surface area contributed by atoms with Gasteiger partial charge in [0.05, 0.1) is 21.0 Å². The highest BCUT2D eigenvalue weighted by atomic mass is 32.1. The van der Waals surface area contributed by atoms with Gasteiger partial charge in [0.15, 0.2) is 23.1 Å². The maximum Gasteiger partial charge on any atom is 0.178 e. The summed E-state index contributed by atoms with van der Waals surface area (Å²) in [5.41, 5.74) is 3.80. The van der Waals surface area contributed by atoms with Gasteiger partial charge in [-0.15, -0.1) is 11.3 Å². The van der Waals surface area contributed by atoms with E-state index in [0.717, 1.165) is 16.0 Å². The Hall–Kier alpha value is -4.35. The average molecular weight is 529 g/mol. The number of rotatable bonds is 7. The van der Waals surface area contributed by atoms with Crippen molar-refractivity contribution in [1.82, 2.24) is 35.0 Å². The number of nitrogens with one attached hydrogen (secondary N) is 2. The van der Waals surface area contributed by atoms with E-state index >= 15 is 4.39 Å². The molecule has 0 radical (unpaired) electrons. The molecule has 5 heterocycles. The monoisotopic (exact) mass is 528 g/mol. The van der Waals surface area contributed by atoms with Gasteiger partial charge in [-0.25, -0.2) is 14.4 Å². The van der Waals surface area contributed by atoms with Gasteiger partial charge in [0.2, 0.25) is 0 Å². The van der Waals surface area contributed by atoms with E-state index in [1.165, 1.54) is 25.3 Å². The molecule has 0 unspecified atom stereocenters. The van der Waals surface area contributed by atoms with Crippen molar-refractivity contribution in [2.75, 3.05) is 21.1 Å². The van der Waals surface area contributed by atoms with Gasteiger partial charge in [-0.05, 0) is 50.8 Å². The smallest absolute Gasteiger partial charge is 0.178 e. The molecule has 0 bridgehead atoms. The van der Waals surface area contributed by atoms with Crippen molar-refractivity contribution in [3.8, 4) is 22.0 Å². The number of imidazole rings is 1. The summed E-state index contributed by atoms with van der Waals surface area (Å²) in [6.07, 6.45) is 4.98. The Bertz CT molecular complexity index is 1810. The second-order valence-electron chi connectivity index (χ2n) is 8.99. The molecule has 0 fully saturated rings. The van der Waals surface area contributed by atoms with Crippen molar-refractivity contribution in [1.29, 1.82) is 0 Å². The summed E-state index contributed by atoms with van der Waals surface area (Å²) in [5.74, 6) is -0.263. The van der Waals surface area contributed by atoms with E-state index in [4.69, 9.17) is 0 Å². The first-order valence-corrected chi connectivity index (χ1v) is 12.5. The van der Waals surface area contributed by atoms with Crippen LogP contribution >= 0.6 is 11.3 Å². The van der Waals surface area contributed by atoms with Gasteiger partial charge in [-0.2, -0.15) is 5.10 Å². The number of hydrogen-bond donors (Lipinski definition) is 2. The number of H-pyrrole nitrogens is 2. The number of nitrogens with zero attached hydrogens (tertiary/aromatic N) is 6. The van der Waals surface area contributed by atoms with E-state index in [2.05, 4.69) is 41.7 Å². The zero-order valence-corrected chi connectivity index (χ0v) is 22.1. The molecule has 0 aromatic carbocycles. The average Bonchev–Trinajstić information content (AvgIpc) is 3.62. The van der Waals surface area contributed by atoms with Crippen LogP contribution in [0.15, 0.2) is 47.8 Å². The van der Waals surface area contributed by atoms with Crippen LogP contribution in [0.2, 0.25) is 0 Å². The maximum absolute atomic E-state index is 16.2. The van der Waals surface area contributed by atoms with Crippen molar-refractivity contribution in [3.63, 3.8) is 0 Å². The van der Waals surface area contributed by atoms with Gasteiger partial charge in [-0.3, -0.25) is 19.9 Å². The second-order valence-corrected chi connectivity index (χ2v) is 10.1. The van der Waals surface area contributed by atoms with E-state index in [1.807, 2.05) is 37.2 Å². The van der Waals surface area contributed by atoms with Crippen LogP contribution in [0.1, 0.15) is 27.7 Å². The third kappa shape index (κ3) is 4.69. The summed E-state index contributed by atoms with van der Waals surface area (Å²) in [7, 11) is 5.44. The SMILES string of the molecule is C=c1[nH]nc(-c2nc3nccc(-c4ccc(C(C)=O)s4)c3[nH]2)/c1=C(\F)C(=NC)c1cncc(CN(C)C)c1. The maximum atomic E-state index is 16.2. The van der Waals surface area contributed by atoms with E-state index < -0.39 is 5.83 Å². The fraction of sp³-hybridized carbons (Fsp3) is 0.185. The van der Waals surface area contributed by atoms with Crippen molar-refractivity contribution in [2.45, 2.75) is 13.5 Å². The molecule has 0 aliphatic rings. The zero-order valence-electron chi connectivity index (χ0n) is 21.3. The lowest BCUT2D eigenvalue weighted by atomic mass is 10.1. The number of aromatic amines is 2. The number of aliphatic imine (C=N–C) groups is 1. The molecule has 5 aromatic heterocycles. The third-order valence-electron chi connectivity index (χ3n) is 5.89. The molecule has 0 aliphatic carbocycles. The molecule has 0 aliphatic heterocycles. The van der Waals surface area contributed by atoms with Crippen LogP contribution in [-0.2, 0) is 6.54 Å². The van der Waals surface area contributed by atoms with Crippen molar-refractivity contribution < 1.29 is 9.18 Å². The molecule has 0 spiro atoms. The lowest BCUT2D eigenvalue weighted by molar-refractivity contribution is 0.102. The molecule has 0 saturated heterocycles. The van der Waals surface area contributed by atoms with Gasteiger partial charge in [-0.1, -0.05) is 6.58 Å². The first kappa shape index (κ1) is 25.3. The number of carbonyl (C=O) groups is 1. The molecule has 0 atom stereocenters. The number of Topliss-reactive ketones (excluding diaryl/α,β-unsaturated/α-hetero) is 1. The predicted molar refractivity (Wildman–Crippen MR) is 148 cm³/mol. The van der Waals surface area contributed by atoms with Crippen LogP contribution in [0.4, 0.5) is 4.39 Å². The van der Waals surface area contributed by atoms with Gasteiger partial charge < -0.3 is 9.88 Å². The van der Waals surface area contributed by atoms with E-state index in [-0.39, 0.29) is 27.8 Å². The largest absolute Gasteiger partial charge is 0.335 e. The molecule has 192 valence electrons. The fourth-order valence-electron chi connectivity index (χ4n) is 4.23. The number of pyridine rings is 2. The minimum absolute atomic E-state index is 0.00263. The van der Waals surface area contributed by atoms with Gasteiger partial charge in [0.25, 0.3) is 0 Å². The van der Waals surface area contributed by atoms with Crippen LogP contribution in [0.3, 0.4) is 0 Å². The topological polar surface area (TPSA) is 116 Å². The molecule has 5 aromatic rings. The zero-order chi connectivity index (χ0) is 27.0. The minimum Gasteiger partial charge on any atom is -0.335 e. The van der Waals surface area contributed by atoms with Gasteiger partial charge >= 0.3 is 0 Å². The van der Waals surface area contributed by atoms with E-state index in [9.17, 15) is 4.79 Å². The number of aromatic nitrogens is 6. The number of carbonyl (C=O) groups excluding carboxylic acids is 1. The van der Waals surface area contributed by atoms with Gasteiger partial charge in [0.1, 0.15) is 11.4 Å². The summed E-state index contributed by atoms with van der Waals surface area (Å²) in [5, 5.41) is 7.52. The van der Waals surface area contributed by atoms with Crippen LogP contribution in [0, 0.1) is 0 Å². The number of hydrogen-bond acceptors (Lipinski definition) is 8. The highest BCUT2D eigenvalue weighted by Crippen LogP contribution is 2.33. The molecule has 9 nitrogen and oxygen atoms in total. The molecule has 38 heavy (non-hydrogen) atoms. The second kappa shape index (κ2) is 10.2. The Morgan fingerprint density at radius 1 is 1.24 bits per heavy atom. The fourth-order valence-corrected chi connectivity index (χ4v) is 5.16. The van der Waals surface area contributed by atoms with Crippen LogP contribution in [-0.4, -0.2) is 67.7 Å². The summed E-state index contributed by atoms with van der Waals surface area (Å²) in [4.78, 5) is 36.1.